The van der Waals surface area contributed by atoms with Crippen LogP contribution in [0.2, 0.25) is 0 Å². The number of piperidine rings is 1. The maximum Gasteiger partial charge on any atom is 0.254 e. The van der Waals surface area contributed by atoms with E-state index in [4.69, 9.17) is 0 Å². The Labute approximate surface area is 170 Å². The number of aryl methyl sites for hydroxylation is 1. The highest BCUT2D eigenvalue weighted by atomic mass is 16.2. The first-order valence-electron chi connectivity index (χ1n) is 10.3. The van der Waals surface area contributed by atoms with Crippen molar-refractivity contribution >= 4 is 11.8 Å². The smallest absolute Gasteiger partial charge is 0.254 e. The van der Waals surface area contributed by atoms with E-state index in [-0.39, 0.29) is 22.8 Å². The molecule has 3 heterocycles. The molecule has 1 aromatic heterocycles. The Balaban J connectivity index is 1.39. The molecule has 0 bridgehead atoms. The number of benzene rings is 1. The van der Waals surface area contributed by atoms with Crippen LogP contribution in [-0.4, -0.2) is 45.8 Å². The Bertz CT molecular complexity index is 959. The second-order valence-corrected chi connectivity index (χ2v) is 8.24. The average molecular weight is 393 g/mol. The average Bonchev–Trinajstić information content (AvgIpc) is 3.03. The van der Waals surface area contributed by atoms with Gasteiger partial charge in [-0.25, -0.2) is 0 Å². The van der Waals surface area contributed by atoms with Gasteiger partial charge in [-0.1, -0.05) is 30.3 Å². The number of hydrogen-bond donors (Lipinski definition) is 0. The van der Waals surface area contributed by atoms with E-state index in [0.29, 0.717) is 38.2 Å². The quantitative estimate of drug-likeness (QED) is 0.802. The van der Waals surface area contributed by atoms with Gasteiger partial charge in [0, 0.05) is 62.4 Å². The predicted molar refractivity (Wildman–Crippen MR) is 110 cm³/mol. The number of carbonyl (C=O) groups excluding carboxylic acids is 2. The molecule has 6 heteroatoms. The van der Waals surface area contributed by atoms with Crippen molar-refractivity contribution in [2.45, 2.75) is 39.3 Å². The van der Waals surface area contributed by atoms with Gasteiger partial charge in [0.25, 0.3) is 11.5 Å². The molecule has 0 unspecified atom stereocenters. The summed E-state index contributed by atoms with van der Waals surface area (Å²) in [5.41, 5.74) is 1.41. The molecule has 0 saturated carbocycles. The van der Waals surface area contributed by atoms with Gasteiger partial charge >= 0.3 is 0 Å². The van der Waals surface area contributed by atoms with Gasteiger partial charge in [-0.15, -0.1) is 0 Å². The number of amides is 2. The second-order valence-electron chi connectivity index (χ2n) is 8.24. The summed E-state index contributed by atoms with van der Waals surface area (Å²) in [7, 11) is 0. The van der Waals surface area contributed by atoms with E-state index < -0.39 is 0 Å². The van der Waals surface area contributed by atoms with Crippen LogP contribution in [0.4, 0.5) is 0 Å². The second kappa shape index (κ2) is 7.85. The van der Waals surface area contributed by atoms with E-state index in [1.807, 2.05) is 47.1 Å². The fourth-order valence-electron chi connectivity index (χ4n) is 4.53. The summed E-state index contributed by atoms with van der Waals surface area (Å²) in [5, 5.41) is 0. The molecule has 0 radical (unpaired) electrons. The van der Waals surface area contributed by atoms with Crippen molar-refractivity contribution in [2.24, 2.45) is 5.41 Å². The summed E-state index contributed by atoms with van der Waals surface area (Å²) in [6, 6.07) is 13.2. The van der Waals surface area contributed by atoms with Gasteiger partial charge in [0.1, 0.15) is 0 Å². The number of pyridine rings is 1. The van der Waals surface area contributed by atoms with Crippen molar-refractivity contribution < 1.29 is 9.59 Å². The number of carbonyl (C=O) groups is 2. The first kappa shape index (κ1) is 19.4. The molecule has 29 heavy (non-hydrogen) atoms. The van der Waals surface area contributed by atoms with E-state index in [2.05, 4.69) is 0 Å². The predicted octanol–water partition coefficient (Wildman–Crippen LogP) is 2.52. The number of nitrogens with zero attached hydrogens (tertiary/aromatic N) is 3. The molecule has 2 amide bonds. The van der Waals surface area contributed by atoms with Gasteiger partial charge in [-0.2, -0.15) is 0 Å². The molecule has 0 aliphatic carbocycles. The molecule has 2 aliphatic heterocycles. The lowest BCUT2D eigenvalue weighted by Gasteiger charge is -2.38. The lowest BCUT2D eigenvalue weighted by Crippen LogP contribution is -2.44. The molecular weight excluding hydrogens is 366 g/mol. The van der Waals surface area contributed by atoms with Crippen LogP contribution in [0.5, 0.6) is 0 Å². The van der Waals surface area contributed by atoms with Crippen LogP contribution < -0.4 is 5.56 Å². The van der Waals surface area contributed by atoms with Gasteiger partial charge in [0.15, 0.2) is 0 Å². The van der Waals surface area contributed by atoms with E-state index in [1.54, 1.807) is 16.8 Å². The van der Waals surface area contributed by atoms with Gasteiger partial charge in [-0.3, -0.25) is 14.4 Å². The third-order valence-electron chi connectivity index (χ3n) is 6.32. The zero-order valence-corrected chi connectivity index (χ0v) is 16.8. The SMILES string of the molecule is CCn1ccc(C(=O)N2CCC3(CC2)CC(=O)N(Cc2ccccc2)C3)cc1=O. The molecule has 1 aromatic carbocycles. The molecule has 0 N–H and O–H groups in total. The van der Waals surface area contributed by atoms with Crippen LogP contribution in [0, 0.1) is 5.41 Å². The highest BCUT2D eigenvalue weighted by Gasteiger charge is 2.45. The minimum absolute atomic E-state index is 0.0335. The molecule has 2 aromatic rings. The highest BCUT2D eigenvalue weighted by Crippen LogP contribution is 2.41. The van der Waals surface area contributed by atoms with Crippen molar-refractivity contribution in [2.75, 3.05) is 19.6 Å². The molecule has 0 atom stereocenters. The standard InChI is InChI=1S/C23H27N3O3/c1-2-24-11-8-19(14-20(24)27)22(29)25-12-9-23(10-13-25)15-21(28)26(17-23)16-18-6-4-3-5-7-18/h3-8,11,14H,2,9-10,12-13,15-17H2,1H3. The zero-order chi connectivity index (χ0) is 20.4. The van der Waals surface area contributed by atoms with Crippen LogP contribution in [0.15, 0.2) is 53.5 Å². The van der Waals surface area contributed by atoms with Crippen LogP contribution in [0.25, 0.3) is 0 Å². The molecule has 152 valence electrons. The van der Waals surface area contributed by atoms with E-state index >= 15 is 0 Å². The van der Waals surface area contributed by atoms with Crippen LogP contribution in [-0.2, 0) is 17.9 Å². The Kier molecular flexibility index (Phi) is 5.26. The first-order valence-corrected chi connectivity index (χ1v) is 10.3. The third-order valence-corrected chi connectivity index (χ3v) is 6.32. The monoisotopic (exact) mass is 393 g/mol. The molecule has 2 fully saturated rings. The normalized spacial score (nSPS) is 18.4. The van der Waals surface area contributed by atoms with Crippen molar-refractivity contribution in [1.29, 1.82) is 0 Å². The zero-order valence-electron chi connectivity index (χ0n) is 16.8. The Morgan fingerprint density at radius 1 is 1.07 bits per heavy atom. The van der Waals surface area contributed by atoms with Crippen LogP contribution >= 0.6 is 0 Å². The van der Waals surface area contributed by atoms with Gasteiger partial charge in [0.2, 0.25) is 5.91 Å². The fourth-order valence-corrected chi connectivity index (χ4v) is 4.53. The Hall–Kier alpha value is -2.89. The highest BCUT2D eigenvalue weighted by molar-refractivity contribution is 5.94. The molecule has 1 spiro atoms. The van der Waals surface area contributed by atoms with E-state index in [0.717, 1.165) is 24.9 Å². The number of likely N-dealkylation sites (tertiary alicyclic amines) is 2. The minimum Gasteiger partial charge on any atom is -0.339 e. The fraction of sp³-hybridized carbons (Fsp3) is 0.435. The molecular formula is C23H27N3O3. The summed E-state index contributed by atoms with van der Waals surface area (Å²) in [4.78, 5) is 41.2. The van der Waals surface area contributed by atoms with Crippen molar-refractivity contribution in [3.05, 3.63) is 70.1 Å². The summed E-state index contributed by atoms with van der Waals surface area (Å²) in [5.74, 6) is 0.113. The summed E-state index contributed by atoms with van der Waals surface area (Å²) in [6.45, 7) is 5.15. The maximum absolute atomic E-state index is 12.8. The van der Waals surface area contributed by atoms with E-state index in [1.165, 1.54) is 6.07 Å². The molecule has 6 nitrogen and oxygen atoms in total. The van der Waals surface area contributed by atoms with Crippen LogP contribution in [0.1, 0.15) is 42.1 Å². The Morgan fingerprint density at radius 2 is 1.79 bits per heavy atom. The van der Waals surface area contributed by atoms with Gasteiger partial charge in [-0.05, 0) is 31.4 Å². The maximum atomic E-state index is 12.8. The summed E-state index contributed by atoms with van der Waals surface area (Å²) >= 11 is 0. The molecule has 4 rings (SSSR count). The van der Waals surface area contributed by atoms with E-state index in [9.17, 15) is 14.4 Å². The minimum atomic E-state index is -0.148. The van der Waals surface area contributed by atoms with Crippen molar-refractivity contribution in [3.63, 3.8) is 0 Å². The first-order chi connectivity index (χ1) is 14.0. The third kappa shape index (κ3) is 3.97. The summed E-state index contributed by atoms with van der Waals surface area (Å²) in [6.07, 6.45) is 3.89. The number of aromatic nitrogens is 1. The van der Waals surface area contributed by atoms with Gasteiger partial charge < -0.3 is 14.4 Å². The largest absolute Gasteiger partial charge is 0.339 e. The van der Waals surface area contributed by atoms with Crippen molar-refractivity contribution in [1.82, 2.24) is 14.4 Å². The van der Waals surface area contributed by atoms with Gasteiger partial charge in [0.05, 0.1) is 0 Å². The van der Waals surface area contributed by atoms with Crippen molar-refractivity contribution in [3.8, 4) is 0 Å². The van der Waals surface area contributed by atoms with Crippen LogP contribution in [0.3, 0.4) is 0 Å². The topological polar surface area (TPSA) is 62.6 Å². The lowest BCUT2D eigenvalue weighted by molar-refractivity contribution is -0.128. The number of rotatable bonds is 4. The Morgan fingerprint density at radius 3 is 2.45 bits per heavy atom. The molecule has 2 saturated heterocycles. The number of hydrogen-bond acceptors (Lipinski definition) is 3. The molecule has 2 aliphatic rings. The lowest BCUT2D eigenvalue weighted by atomic mass is 9.77. The summed E-state index contributed by atoms with van der Waals surface area (Å²) < 4.78 is 1.58.